The van der Waals surface area contributed by atoms with Gasteiger partial charge in [-0.25, -0.2) is 0 Å². The summed E-state index contributed by atoms with van der Waals surface area (Å²) in [5.41, 5.74) is 5.55. The first kappa shape index (κ1) is 18.2. The van der Waals surface area contributed by atoms with Crippen LogP contribution in [0, 0.1) is 23.7 Å². The van der Waals surface area contributed by atoms with Crippen LogP contribution < -0.4 is 16.4 Å². The average molecular weight is 349 g/mol. The number of fused-ring (bicyclic) bond motifs is 2. The third-order valence-corrected chi connectivity index (χ3v) is 6.52. The molecule has 0 aromatic rings. The minimum atomic E-state index is -0.580. The summed E-state index contributed by atoms with van der Waals surface area (Å²) in [4.78, 5) is 36.4. The molecule has 0 saturated heterocycles. The number of rotatable bonds is 6. The molecule has 0 aliphatic heterocycles. The van der Waals surface area contributed by atoms with Gasteiger partial charge in [0.25, 0.3) is 0 Å². The van der Waals surface area contributed by atoms with Crippen molar-refractivity contribution in [1.29, 1.82) is 0 Å². The third kappa shape index (κ3) is 4.15. The molecule has 25 heavy (non-hydrogen) atoms. The molecule has 3 aliphatic rings. The summed E-state index contributed by atoms with van der Waals surface area (Å²) in [6.07, 6.45) is 9.44. The smallest absolute Gasteiger partial charge is 0.242 e. The van der Waals surface area contributed by atoms with Gasteiger partial charge in [-0.2, -0.15) is 0 Å². The molecule has 140 valence electrons. The van der Waals surface area contributed by atoms with Crippen molar-refractivity contribution in [3.05, 3.63) is 0 Å². The Hall–Kier alpha value is -1.59. The lowest BCUT2D eigenvalue weighted by atomic mass is 9.84. The van der Waals surface area contributed by atoms with Crippen molar-refractivity contribution < 1.29 is 14.4 Å². The van der Waals surface area contributed by atoms with Gasteiger partial charge in [0.2, 0.25) is 17.7 Å². The molecule has 0 radical (unpaired) electrons. The summed E-state index contributed by atoms with van der Waals surface area (Å²) in [6.45, 7) is 1.71. The zero-order valence-corrected chi connectivity index (χ0v) is 15.1. The van der Waals surface area contributed by atoms with Gasteiger partial charge >= 0.3 is 0 Å². The topological polar surface area (TPSA) is 101 Å². The number of hydrogen-bond donors (Lipinski definition) is 3. The van der Waals surface area contributed by atoms with Crippen LogP contribution in [0.5, 0.6) is 0 Å². The largest absolute Gasteiger partial charge is 0.369 e. The molecule has 3 saturated carbocycles. The predicted molar refractivity (Wildman–Crippen MR) is 94.2 cm³/mol. The van der Waals surface area contributed by atoms with Gasteiger partial charge in [0.05, 0.1) is 5.92 Å². The number of amides is 3. The SMILES string of the molecule is C[C@H](NC(=O)CC1CCCCC1)C(=O)N[C@H]1[C@H]2CC[C@@H](C2)[C@H]1C(N)=O. The standard InChI is InChI=1S/C19H31N3O3/c1-11(21-15(23)9-12-5-3-2-4-6-12)19(25)22-17-14-8-7-13(10-14)16(17)18(20)24/h11-14,16-17H,2-10H2,1H3,(H2,20,24)(H,21,23)(H,22,25)/t11-,13-,14-,16+,17-/m0/s1. The maximum Gasteiger partial charge on any atom is 0.242 e. The van der Waals surface area contributed by atoms with Crippen molar-refractivity contribution >= 4 is 17.7 Å². The van der Waals surface area contributed by atoms with Crippen LogP contribution in [-0.2, 0) is 14.4 Å². The van der Waals surface area contributed by atoms with Crippen molar-refractivity contribution in [2.45, 2.75) is 76.8 Å². The summed E-state index contributed by atoms with van der Waals surface area (Å²) in [5, 5.41) is 5.82. The van der Waals surface area contributed by atoms with Gasteiger partial charge in [-0.15, -0.1) is 0 Å². The van der Waals surface area contributed by atoms with Crippen LogP contribution in [-0.4, -0.2) is 29.8 Å². The van der Waals surface area contributed by atoms with Gasteiger partial charge in [-0.1, -0.05) is 19.3 Å². The zero-order chi connectivity index (χ0) is 18.0. The Morgan fingerprint density at radius 1 is 1.04 bits per heavy atom. The number of primary amides is 1. The number of carbonyl (C=O) groups excluding carboxylic acids is 3. The van der Waals surface area contributed by atoms with Crippen LogP contribution in [0.4, 0.5) is 0 Å². The van der Waals surface area contributed by atoms with Gasteiger partial charge in [0, 0.05) is 12.5 Å². The molecule has 0 spiro atoms. The van der Waals surface area contributed by atoms with E-state index in [4.69, 9.17) is 5.73 Å². The lowest BCUT2D eigenvalue weighted by Gasteiger charge is -2.30. The second-order valence-electron chi connectivity index (χ2n) is 8.29. The van der Waals surface area contributed by atoms with Crippen LogP contribution in [0.2, 0.25) is 0 Å². The van der Waals surface area contributed by atoms with E-state index < -0.39 is 6.04 Å². The van der Waals surface area contributed by atoms with Crippen molar-refractivity contribution in [3.63, 3.8) is 0 Å². The van der Waals surface area contributed by atoms with Crippen LogP contribution in [0.3, 0.4) is 0 Å². The fraction of sp³-hybridized carbons (Fsp3) is 0.842. The molecule has 0 heterocycles. The Morgan fingerprint density at radius 2 is 1.72 bits per heavy atom. The van der Waals surface area contributed by atoms with Crippen molar-refractivity contribution in [2.24, 2.45) is 29.4 Å². The van der Waals surface area contributed by atoms with Gasteiger partial charge in [-0.3, -0.25) is 14.4 Å². The minimum Gasteiger partial charge on any atom is -0.369 e. The van der Waals surface area contributed by atoms with Crippen LogP contribution in [0.15, 0.2) is 0 Å². The quantitative estimate of drug-likeness (QED) is 0.677. The lowest BCUT2D eigenvalue weighted by Crippen LogP contribution is -2.53. The highest BCUT2D eigenvalue weighted by molar-refractivity contribution is 5.88. The normalized spacial score (nSPS) is 33.0. The summed E-state index contributed by atoms with van der Waals surface area (Å²) in [5.74, 6) is 0.281. The fourth-order valence-electron chi connectivity index (χ4n) is 5.22. The van der Waals surface area contributed by atoms with Gasteiger partial charge in [-0.05, 0) is 56.8 Å². The van der Waals surface area contributed by atoms with E-state index >= 15 is 0 Å². The van der Waals surface area contributed by atoms with Crippen LogP contribution in [0.1, 0.15) is 64.7 Å². The maximum absolute atomic E-state index is 12.5. The summed E-state index contributed by atoms with van der Waals surface area (Å²) in [7, 11) is 0. The number of carbonyl (C=O) groups is 3. The third-order valence-electron chi connectivity index (χ3n) is 6.52. The van der Waals surface area contributed by atoms with Gasteiger partial charge in [0.15, 0.2) is 0 Å². The van der Waals surface area contributed by atoms with Crippen LogP contribution >= 0.6 is 0 Å². The second kappa shape index (κ2) is 7.75. The number of nitrogens with one attached hydrogen (secondary N) is 2. The maximum atomic E-state index is 12.5. The van der Waals surface area contributed by atoms with Crippen LogP contribution in [0.25, 0.3) is 0 Å². The molecule has 3 fully saturated rings. The Morgan fingerprint density at radius 3 is 2.40 bits per heavy atom. The average Bonchev–Trinajstić information content (AvgIpc) is 3.16. The Balaban J connectivity index is 1.48. The molecule has 4 N–H and O–H groups in total. The minimum absolute atomic E-state index is 0.0473. The highest BCUT2D eigenvalue weighted by Gasteiger charge is 2.50. The molecular weight excluding hydrogens is 318 g/mol. The molecule has 6 nitrogen and oxygen atoms in total. The number of nitrogens with two attached hydrogens (primary N) is 1. The first-order valence-electron chi connectivity index (χ1n) is 9.84. The van der Waals surface area contributed by atoms with E-state index in [1.165, 1.54) is 19.3 Å². The molecule has 5 atom stereocenters. The Kier molecular flexibility index (Phi) is 5.64. The van der Waals surface area contributed by atoms with Crippen molar-refractivity contribution in [3.8, 4) is 0 Å². The molecular formula is C19H31N3O3. The van der Waals surface area contributed by atoms with E-state index in [9.17, 15) is 14.4 Å². The molecule has 0 aromatic carbocycles. The molecule has 2 bridgehead atoms. The molecule has 3 aliphatic carbocycles. The molecule has 0 aromatic heterocycles. The van der Waals surface area contributed by atoms with E-state index in [2.05, 4.69) is 10.6 Å². The summed E-state index contributed by atoms with van der Waals surface area (Å²) >= 11 is 0. The van der Waals surface area contributed by atoms with Crippen molar-refractivity contribution in [1.82, 2.24) is 10.6 Å². The van der Waals surface area contributed by atoms with E-state index in [0.29, 0.717) is 24.2 Å². The monoisotopic (exact) mass is 349 g/mol. The lowest BCUT2D eigenvalue weighted by molar-refractivity contribution is -0.131. The molecule has 3 amide bonds. The first-order chi connectivity index (χ1) is 12.0. The van der Waals surface area contributed by atoms with E-state index in [1.54, 1.807) is 6.92 Å². The summed E-state index contributed by atoms with van der Waals surface area (Å²) in [6, 6.07) is -0.745. The van der Waals surface area contributed by atoms with E-state index in [1.807, 2.05) is 0 Å². The molecule has 3 rings (SSSR count). The molecule has 0 unspecified atom stereocenters. The van der Waals surface area contributed by atoms with Gasteiger partial charge in [0.1, 0.15) is 6.04 Å². The van der Waals surface area contributed by atoms with Crippen molar-refractivity contribution in [2.75, 3.05) is 0 Å². The van der Waals surface area contributed by atoms with Gasteiger partial charge < -0.3 is 16.4 Å². The highest BCUT2D eigenvalue weighted by Crippen LogP contribution is 2.48. The molecule has 6 heteroatoms. The summed E-state index contributed by atoms with van der Waals surface area (Å²) < 4.78 is 0. The van der Waals surface area contributed by atoms with E-state index in [0.717, 1.165) is 32.1 Å². The predicted octanol–water partition coefficient (Wildman–Crippen LogP) is 1.48. The Bertz CT molecular complexity index is 530. The zero-order valence-electron chi connectivity index (χ0n) is 15.1. The highest BCUT2D eigenvalue weighted by atomic mass is 16.2. The number of hydrogen-bond acceptors (Lipinski definition) is 3. The van der Waals surface area contributed by atoms with E-state index in [-0.39, 0.29) is 29.7 Å². The first-order valence-corrected chi connectivity index (χ1v) is 9.84. The second-order valence-corrected chi connectivity index (χ2v) is 8.29. The fourth-order valence-corrected chi connectivity index (χ4v) is 5.22. The Labute approximate surface area is 149 Å².